The molecule has 0 aromatic heterocycles. The molecule has 0 fully saturated rings. The highest BCUT2D eigenvalue weighted by Crippen LogP contribution is 2.32. The Morgan fingerprint density at radius 1 is 0.690 bits per heavy atom. The Labute approximate surface area is 178 Å². The third kappa shape index (κ3) is 9.30. The van der Waals surface area contributed by atoms with Gasteiger partial charge in [-0.05, 0) is 19.3 Å². The highest BCUT2D eigenvalue weighted by molar-refractivity contribution is 7.72. The third-order valence-electron chi connectivity index (χ3n) is 5.35. The van der Waals surface area contributed by atoms with Gasteiger partial charge in [-0.3, -0.25) is 0 Å². The largest absolute Gasteiger partial charge is 0.793 e. The van der Waals surface area contributed by atoms with Crippen LogP contribution in [0.3, 0.4) is 0 Å². The van der Waals surface area contributed by atoms with Gasteiger partial charge in [-0.15, -0.1) is 0 Å². The molecule has 0 saturated heterocycles. The van der Waals surface area contributed by atoms with E-state index in [4.69, 9.17) is 0 Å². The predicted molar refractivity (Wildman–Crippen MR) is 125 cm³/mol. The number of benzene rings is 2. The van der Waals surface area contributed by atoms with Crippen molar-refractivity contribution in [3.8, 4) is 0 Å². The Kier molecular flexibility index (Phi) is 12.1. The molecule has 29 heavy (non-hydrogen) atoms. The molecule has 0 aliphatic carbocycles. The fourth-order valence-corrected chi connectivity index (χ4v) is 4.78. The highest BCUT2D eigenvalue weighted by atomic mass is 31.2. The van der Waals surface area contributed by atoms with Crippen LogP contribution in [0.15, 0.2) is 60.7 Å². The molecule has 0 N–H and O–H groups in total. The van der Waals surface area contributed by atoms with E-state index in [0.717, 1.165) is 0 Å². The van der Waals surface area contributed by atoms with Gasteiger partial charge in [-0.25, -0.2) is 0 Å². The number of quaternary nitrogens is 1. The molecule has 2 rings (SSSR count). The lowest BCUT2D eigenvalue weighted by Crippen LogP contribution is -2.46. The number of hydrogen-bond acceptors (Lipinski definition) is 2. The molecule has 0 heterocycles. The molecule has 0 spiro atoms. The summed E-state index contributed by atoms with van der Waals surface area (Å²) in [5, 5.41) is 0.715. The number of unbranched alkanes of at least 4 members (excludes halogenated alkanes) is 3. The summed E-state index contributed by atoms with van der Waals surface area (Å²) >= 11 is 0. The van der Waals surface area contributed by atoms with Gasteiger partial charge in [0, 0.05) is 10.6 Å². The van der Waals surface area contributed by atoms with Gasteiger partial charge in [0.1, 0.15) is 0 Å². The smallest absolute Gasteiger partial charge is 0.0784 e. The first kappa shape index (κ1) is 25.6. The van der Waals surface area contributed by atoms with Gasteiger partial charge < -0.3 is 13.9 Å². The Morgan fingerprint density at radius 2 is 1.00 bits per heavy atom. The van der Waals surface area contributed by atoms with Gasteiger partial charge >= 0.3 is 0 Å². The minimum absolute atomic E-state index is 0.358. The molecule has 2 aromatic carbocycles. The fraction of sp³-hybridized carbons (Fsp3) is 0.520. The minimum Gasteiger partial charge on any atom is -0.793 e. The van der Waals surface area contributed by atoms with E-state index in [1.54, 1.807) is 60.7 Å². The zero-order chi connectivity index (χ0) is 21.6. The van der Waals surface area contributed by atoms with Crippen LogP contribution in [0.25, 0.3) is 0 Å². The van der Waals surface area contributed by atoms with E-state index < -0.39 is 7.37 Å². The summed E-state index contributed by atoms with van der Waals surface area (Å²) in [4.78, 5) is 12.1. The van der Waals surface area contributed by atoms with Crippen molar-refractivity contribution in [2.75, 3.05) is 26.7 Å². The average molecular weight is 418 g/mol. The molecule has 0 radical (unpaired) electrons. The summed E-state index contributed by atoms with van der Waals surface area (Å²) in [5.41, 5.74) is 0. The van der Waals surface area contributed by atoms with Crippen LogP contribution in [0.5, 0.6) is 0 Å². The topological polar surface area (TPSA) is 40.1 Å². The van der Waals surface area contributed by atoms with Crippen LogP contribution in [-0.2, 0) is 4.57 Å². The second kappa shape index (κ2) is 13.7. The molecule has 2 aromatic rings. The summed E-state index contributed by atoms with van der Waals surface area (Å²) in [5.74, 6) is 0. The first-order valence-corrected chi connectivity index (χ1v) is 12.8. The van der Waals surface area contributed by atoms with Crippen molar-refractivity contribution in [2.45, 2.75) is 59.3 Å². The Bertz CT molecular complexity index is 638. The predicted octanol–water partition coefficient (Wildman–Crippen LogP) is 5.11. The molecule has 0 saturated carbocycles. The molecule has 0 atom stereocenters. The van der Waals surface area contributed by atoms with Crippen LogP contribution >= 0.6 is 7.37 Å². The maximum atomic E-state index is 12.1. The Morgan fingerprint density at radius 3 is 1.28 bits per heavy atom. The lowest BCUT2D eigenvalue weighted by atomic mass is 10.2. The van der Waals surface area contributed by atoms with Crippen LogP contribution in [0, 0.1) is 0 Å². The second-order valence-electron chi connectivity index (χ2n) is 8.07. The van der Waals surface area contributed by atoms with E-state index in [9.17, 15) is 9.46 Å². The monoisotopic (exact) mass is 417 g/mol. The summed E-state index contributed by atoms with van der Waals surface area (Å²) < 4.78 is 13.4. The van der Waals surface area contributed by atoms with E-state index in [1.165, 1.54) is 62.6 Å². The Balaban J connectivity index is 0.000000291. The quantitative estimate of drug-likeness (QED) is 0.377. The molecular formula is C25H40NO2P. The lowest BCUT2D eigenvalue weighted by Gasteiger charge is -2.34. The van der Waals surface area contributed by atoms with Crippen LogP contribution in [0.1, 0.15) is 59.3 Å². The van der Waals surface area contributed by atoms with Crippen molar-refractivity contribution in [3.05, 3.63) is 60.7 Å². The number of rotatable bonds is 11. The summed E-state index contributed by atoms with van der Waals surface area (Å²) in [6.45, 7) is 11.0. The lowest BCUT2D eigenvalue weighted by molar-refractivity contribution is -0.910. The fourth-order valence-electron chi connectivity index (χ4n) is 3.35. The zero-order valence-corrected chi connectivity index (χ0v) is 19.7. The van der Waals surface area contributed by atoms with Crippen LogP contribution < -0.4 is 15.5 Å². The maximum absolute atomic E-state index is 12.1. The molecule has 0 unspecified atom stereocenters. The van der Waals surface area contributed by atoms with E-state index in [2.05, 4.69) is 27.8 Å². The summed E-state index contributed by atoms with van der Waals surface area (Å²) in [6.07, 6.45) is 8.20. The normalized spacial score (nSPS) is 11.6. The van der Waals surface area contributed by atoms with Crippen molar-refractivity contribution in [1.82, 2.24) is 0 Å². The molecular weight excluding hydrogens is 377 g/mol. The van der Waals surface area contributed by atoms with E-state index in [1.807, 2.05) is 0 Å². The maximum Gasteiger partial charge on any atom is 0.0784 e. The third-order valence-corrected chi connectivity index (χ3v) is 7.30. The van der Waals surface area contributed by atoms with Gasteiger partial charge in [0.2, 0.25) is 0 Å². The highest BCUT2D eigenvalue weighted by Gasteiger charge is 2.18. The first-order valence-electron chi connectivity index (χ1n) is 11.2. The van der Waals surface area contributed by atoms with Gasteiger partial charge in [-0.2, -0.15) is 0 Å². The molecule has 162 valence electrons. The van der Waals surface area contributed by atoms with Crippen LogP contribution in [0.2, 0.25) is 0 Å². The number of nitrogens with zero attached hydrogens (tertiary/aromatic N) is 1. The molecule has 0 aliphatic rings. The van der Waals surface area contributed by atoms with Crippen molar-refractivity contribution >= 4 is 18.0 Å². The van der Waals surface area contributed by atoms with Crippen molar-refractivity contribution < 1.29 is 13.9 Å². The van der Waals surface area contributed by atoms with E-state index in [0.29, 0.717) is 10.6 Å². The van der Waals surface area contributed by atoms with Gasteiger partial charge in [0.15, 0.2) is 0 Å². The average Bonchev–Trinajstić information content (AvgIpc) is 2.77. The molecule has 0 aliphatic heterocycles. The summed E-state index contributed by atoms with van der Waals surface area (Å²) in [6, 6.07) is 16.9. The van der Waals surface area contributed by atoms with Crippen molar-refractivity contribution in [1.29, 1.82) is 0 Å². The number of hydrogen-bond donors (Lipinski definition) is 0. The van der Waals surface area contributed by atoms with Crippen molar-refractivity contribution in [3.63, 3.8) is 0 Å². The SMILES string of the molecule is CCCC[N+](C)(CCCC)CCCC.O=P([O-])(c1ccccc1)c1ccccc1. The molecule has 3 nitrogen and oxygen atoms in total. The van der Waals surface area contributed by atoms with Crippen molar-refractivity contribution in [2.24, 2.45) is 0 Å². The van der Waals surface area contributed by atoms with Gasteiger partial charge in [0.25, 0.3) is 0 Å². The van der Waals surface area contributed by atoms with E-state index >= 15 is 0 Å². The minimum atomic E-state index is -3.65. The van der Waals surface area contributed by atoms with Gasteiger partial charge in [0.05, 0.1) is 34.1 Å². The van der Waals surface area contributed by atoms with Crippen LogP contribution in [0.4, 0.5) is 0 Å². The Hall–Kier alpha value is -1.41. The first-order chi connectivity index (χ1) is 13.9. The van der Waals surface area contributed by atoms with Gasteiger partial charge in [-0.1, -0.05) is 101 Å². The standard InChI is InChI=1S/C13H30N.C12H11O2P/c1-5-8-11-14(4,12-9-6-2)13-10-7-3;13-15(14,11-7-3-1-4-8-11)12-9-5-2-6-10-12/h5-13H2,1-4H3;1-10H,(H,13,14)/q+1;/p-1. The zero-order valence-electron chi connectivity index (χ0n) is 18.8. The van der Waals surface area contributed by atoms with E-state index in [-0.39, 0.29) is 0 Å². The second-order valence-corrected chi connectivity index (χ2v) is 10.2. The molecule has 0 amide bonds. The molecule has 0 bridgehead atoms. The van der Waals surface area contributed by atoms with Crippen LogP contribution in [-0.4, -0.2) is 31.2 Å². The summed E-state index contributed by atoms with van der Waals surface area (Å²) in [7, 11) is -1.20. The molecule has 4 heteroatoms.